The summed E-state index contributed by atoms with van der Waals surface area (Å²) in [6.45, 7) is 4.87. The summed E-state index contributed by atoms with van der Waals surface area (Å²) in [7, 11) is 0. The highest BCUT2D eigenvalue weighted by molar-refractivity contribution is 5.88. The third-order valence-electron chi connectivity index (χ3n) is 2.34. The topological polar surface area (TPSA) is 82.1 Å². The third-order valence-corrected chi connectivity index (χ3v) is 2.34. The molecular formula is C11H16O6. The van der Waals surface area contributed by atoms with Crippen molar-refractivity contribution in [3.63, 3.8) is 0 Å². The number of hydrogen-bond acceptors (Lipinski definition) is 6. The lowest BCUT2D eigenvalue weighted by molar-refractivity contribution is -0.233. The molecule has 0 fully saturated rings. The van der Waals surface area contributed by atoms with E-state index in [0.29, 0.717) is 6.61 Å². The molecule has 17 heavy (non-hydrogen) atoms. The molecule has 0 aromatic rings. The zero-order valence-corrected chi connectivity index (χ0v) is 10.1. The van der Waals surface area contributed by atoms with Gasteiger partial charge in [-0.05, 0) is 13.8 Å². The Labute approximate surface area is 99.2 Å². The SMILES string of the molecule is CCOC(=O)CCC1(C)OC(=O)C(C)=C(O)O1. The number of carbonyl (C=O) groups is 2. The average molecular weight is 244 g/mol. The van der Waals surface area contributed by atoms with Crippen LogP contribution in [0.15, 0.2) is 11.5 Å². The van der Waals surface area contributed by atoms with Gasteiger partial charge >= 0.3 is 11.9 Å². The van der Waals surface area contributed by atoms with Gasteiger partial charge in [-0.1, -0.05) is 0 Å². The largest absolute Gasteiger partial charge is 0.481 e. The van der Waals surface area contributed by atoms with Gasteiger partial charge in [0.15, 0.2) is 0 Å². The van der Waals surface area contributed by atoms with Gasteiger partial charge in [-0.3, -0.25) is 4.79 Å². The Morgan fingerprint density at radius 1 is 1.47 bits per heavy atom. The van der Waals surface area contributed by atoms with Crippen molar-refractivity contribution in [3.8, 4) is 0 Å². The van der Waals surface area contributed by atoms with Crippen LogP contribution in [0.2, 0.25) is 0 Å². The smallest absolute Gasteiger partial charge is 0.344 e. The minimum atomic E-state index is -1.33. The van der Waals surface area contributed by atoms with Gasteiger partial charge < -0.3 is 19.3 Å². The van der Waals surface area contributed by atoms with Crippen LogP contribution in [-0.2, 0) is 23.8 Å². The van der Waals surface area contributed by atoms with Gasteiger partial charge in [-0.25, -0.2) is 4.79 Å². The quantitative estimate of drug-likeness (QED) is 0.753. The third kappa shape index (κ3) is 3.37. The van der Waals surface area contributed by atoms with Crippen molar-refractivity contribution < 1.29 is 28.9 Å². The summed E-state index contributed by atoms with van der Waals surface area (Å²) >= 11 is 0. The molecule has 1 rings (SSSR count). The van der Waals surface area contributed by atoms with Gasteiger partial charge in [-0.15, -0.1) is 0 Å². The van der Waals surface area contributed by atoms with Crippen molar-refractivity contribution in [2.75, 3.05) is 6.61 Å². The van der Waals surface area contributed by atoms with Gasteiger partial charge in [0, 0.05) is 13.3 Å². The lowest BCUT2D eigenvalue weighted by atomic mass is 10.1. The molecule has 1 heterocycles. The van der Waals surface area contributed by atoms with Crippen LogP contribution in [0.1, 0.15) is 33.6 Å². The van der Waals surface area contributed by atoms with Crippen LogP contribution in [-0.4, -0.2) is 29.4 Å². The van der Waals surface area contributed by atoms with Crippen LogP contribution in [0.5, 0.6) is 0 Å². The summed E-state index contributed by atoms with van der Waals surface area (Å²) in [4.78, 5) is 22.5. The molecule has 1 aliphatic heterocycles. The highest BCUT2D eigenvalue weighted by Gasteiger charge is 2.38. The van der Waals surface area contributed by atoms with E-state index in [1.807, 2.05) is 0 Å². The van der Waals surface area contributed by atoms with E-state index in [2.05, 4.69) is 0 Å². The Balaban J connectivity index is 2.60. The maximum Gasteiger partial charge on any atom is 0.344 e. The first-order valence-electron chi connectivity index (χ1n) is 5.36. The second-order valence-electron chi connectivity index (χ2n) is 3.86. The van der Waals surface area contributed by atoms with Crippen LogP contribution in [0.3, 0.4) is 0 Å². The predicted molar refractivity (Wildman–Crippen MR) is 56.8 cm³/mol. The number of rotatable bonds is 4. The lowest BCUT2D eigenvalue weighted by Gasteiger charge is -2.33. The number of aliphatic hydroxyl groups is 1. The van der Waals surface area contributed by atoms with Crippen molar-refractivity contribution in [1.82, 2.24) is 0 Å². The second-order valence-corrected chi connectivity index (χ2v) is 3.86. The molecule has 0 aliphatic carbocycles. The highest BCUT2D eigenvalue weighted by atomic mass is 16.8. The highest BCUT2D eigenvalue weighted by Crippen LogP contribution is 2.29. The van der Waals surface area contributed by atoms with Gasteiger partial charge in [0.05, 0.1) is 13.0 Å². The first-order chi connectivity index (χ1) is 7.88. The minimum absolute atomic E-state index is 0.0126. The first-order valence-corrected chi connectivity index (χ1v) is 5.36. The molecule has 0 saturated heterocycles. The summed E-state index contributed by atoms with van der Waals surface area (Å²) in [5.74, 6) is -2.85. The van der Waals surface area contributed by atoms with Crippen LogP contribution in [0.25, 0.3) is 0 Å². The number of ether oxygens (including phenoxy) is 3. The fraction of sp³-hybridized carbons (Fsp3) is 0.636. The second kappa shape index (κ2) is 5.07. The standard InChI is InChI=1S/C11H16O6/c1-4-15-8(12)5-6-11(3)16-9(13)7(2)10(14)17-11/h13H,4-6H2,1-3H3. The minimum Gasteiger partial charge on any atom is -0.481 e. The normalized spacial score (nSPS) is 24.1. The van der Waals surface area contributed by atoms with Crippen molar-refractivity contribution in [3.05, 3.63) is 11.5 Å². The molecule has 0 amide bonds. The number of hydrogen-bond donors (Lipinski definition) is 1. The van der Waals surface area contributed by atoms with E-state index in [-0.39, 0.29) is 18.4 Å². The predicted octanol–water partition coefficient (Wildman–Crippen LogP) is 1.41. The molecule has 0 aromatic carbocycles. The van der Waals surface area contributed by atoms with E-state index in [9.17, 15) is 14.7 Å². The van der Waals surface area contributed by atoms with Gasteiger partial charge in [0.25, 0.3) is 11.7 Å². The molecule has 1 atom stereocenters. The maximum absolute atomic E-state index is 11.4. The number of aliphatic hydroxyl groups excluding tert-OH is 1. The van der Waals surface area contributed by atoms with Gasteiger partial charge in [0.2, 0.25) is 0 Å². The van der Waals surface area contributed by atoms with Crippen molar-refractivity contribution in [1.29, 1.82) is 0 Å². The monoisotopic (exact) mass is 244 g/mol. The van der Waals surface area contributed by atoms with Crippen LogP contribution >= 0.6 is 0 Å². The summed E-state index contributed by atoms with van der Waals surface area (Å²) in [5.41, 5.74) is 0.0126. The summed E-state index contributed by atoms with van der Waals surface area (Å²) in [6.07, 6.45) is 0.166. The zero-order chi connectivity index (χ0) is 13.1. The Bertz CT molecular complexity index is 359. The van der Waals surface area contributed by atoms with Crippen LogP contribution in [0.4, 0.5) is 0 Å². The molecule has 0 saturated carbocycles. The first kappa shape index (κ1) is 13.3. The summed E-state index contributed by atoms with van der Waals surface area (Å²) in [5, 5.41) is 9.39. The molecule has 1 unspecified atom stereocenters. The Morgan fingerprint density at radius 3 is 2.65 bits per heavy atom. The van der Waals surface area contributed by atoms with Gasteiger partial charge in [-0.2, -0.15) is 0 Å². The van der Waals surface area contributed by atoms with Crippen molar-refractivity contribution in [2.24, 2.45) is 0 Å². The van der Waals surface area contributed by atoms with Crippen molar-refractivity contribution >= 4 is 11.9 Å². The van der Waals surface area contributed by atoms with E-state index in [4.69, 9.17) is 14.2 Å². The van der Waals surface area contributed by atoms with E-state index in [1.165, 1.54) is 13.8 Å². The van der Waals surface area contributed by atoms with E-state index in [0.717, 1.165) is 0 Å². The molecule has 1 aliphatic rings. The van der Waals surface area contributed by atoms with E-state index >= 15 is 0 Å². The van der Waals surface area contributed by atoms with Gasteiger partial charge in [0.1, 0.15) is 5.57 Å². The Hall–Kier alpha value is -1.72. The Kier molecular flexibility index (Phi) is 3.98. The number of carbonyl (C=O) groups excluding carboxylic acids is 2. The summed E-state index contributed by atoms with van der Waals surface area (Å²) < 4.78 is 14.8. The number of cyclic esters (lactones) is 1. The molecule has 0 aromatic heterocycles. The molecular weight excluding hydrogens is 228 g/mol. The summed E-state index contributed by atoms with van der Waals surface area (Å²) in [6, 6.07) is 0. The fourth-order valence-electron chi connectivity index (χ4n) is 1.33. The molecule has 0 spiro atoms. The fourth-order valence-corrected chi connectivity index (χ4v) is 1.33. The van der Waals surface area contributed by atoms with Crippen LogP contribution in [0, 0.1) is 0 Å². The molecule has 0 radical (unpaired) electrons. The Morgan fingerprint density at radius 2 is 2.12 bits per heavy atom. The van der Waals surface area contributed by atoms with E-state index in [1.54, 1.807) is 6.92 Å². The van der Waals surface area contributed by atoms with E-state index < -0.39 is 23.7 Å². The molecule has 96 valence electrons. The molecule has 0 bridgehead atoms. The zero-order valence-electron chi connectivity index (χ0n) is 10.1. The van der Waals surface area contributed by atoms with Crippen LogP contribution < -0.4 is 0 Å². The number of esters is 2. The average Bonchev–Trinajstić information content (AvgIpc) is 2.24. The molecule has 6 heteroatoms. The molecule has 6 nitrogen and oxygen atoms in total. The molecule has 1 N–H and O–H groups in total. The maximum atomic E-state index is 11.4. The van der Waals surface area contributed by atoms with Crippen molar-refractivity contribution in [2.45, 2.75) is 39.4 Å². The lowest BCUT2D eigenvalue weighted by Crippen LogP contribution is -2.39.